The molecule has 15 heavy (non-hydrogen) atoms. The van der Waals surface area contributed by atoms with Crippen LogP contribution < -0.4 is 5.32 Å². The molecule has 3 nitrogen and oxygen atoms in total. The maximum Gasteiger partial charge on any atom is 0.305 e. The number of esters is 1. The normalized spacial score (nSPS) is 10.2. The van der Waals surface area contributed by atoms with Gasteiger partial charge in [-0.1, -0.05) is 6.07 Å². The molecule has 0 aliphatic heterocycles. The highest BCUT2D eigenvalue weighted by atomic mass is 32.1. The molecule has 1 aromatic heterocycles. The van der Waals surface area contributed by atoms with Crippen LogP contribution in [0.1, 0.15) is 17.7 Å². The molecule has 84 valence electrons. The van der Waals surface area contributed by atoms with Gasteiger partial charge in [-0.25, -0.2) is 0 Å². The topological polar surface area (TPSA) is 38.3 Å². The third-order valence-electron chi connectivity index (χ3n) is 2.00. The van der Waals surface area contributed by atoms with Gasteiger partial charge in [0, 0.05) is 17.7 Å². The molecule has 1 aromatic rings. The van der Waals surface area contributed by atoms with Gasteiger partial charge in [0.25, 0.3) is 0 Å². The zero-order valence-corrected chi connectivity index (χ0v) is 9.81. The van der Waals surface area contributed by atoms with Crippen molar-refractivity contribution in [3.8, 4) is 0 Å². The summed E-state index contributed by atoms with van der Waals surface area (Å²) in [6, 6.07) is 4.06. The zero-order chi connectivity index (χ0) is 10.9. The predicted octanol–water partition coefficient (Wildman–Crippen LogP) is 1.83. The maximum atomic E-state index is 11.2. The van der Waals surface area contributed by atoms with E-state index in [4.69, 9.17) is 4.74 Å². The summed E-state index contributed by atoms with van der Waals surface area (Å²) in [5.74, 6) is -0.0955. The van der Waals surface area contributed by atoms with Gasteiger partial charge in [-0.3, -0.25) is 4.79 Å². The van der Waals surface area contributed by atoms with Crippen LogP contribution in [0, 0.1) is 0 Å². The minimum Gasteiger partial charge on any atom is -0.465 e. The van der Waals surface area contributed by atoms with Crippen LogP contribution in [0.2, 0.25) is 0 Å². The summed E-state index contributed by atoms with van der Waals surface area (Å²) in [5.41, 5.74) is 0. The highest BCUT2D eigenvalue weighted by Crippen LogP contribution is 2.09. The Morgan fingerprint density at radius 2 is 2.47 bits per heavy atom. The van der Waals surface area contributed by atoms with Gasteiger partial charge in [0.05, 0.1) is 6.61 Å². The molecule has 0 fully saturated rings. The Bertz CT molecular complexity index is 272. The van der Waals surface area contributed by atoms with Crippen molar-refractivity contribution in [2.75, 3.05) is 20.2 Å². The first kappa shape index (κ1) is 12.2. The molecule has 0 aliphatic rings. The van der Waals surface area contributed by atoms with Crippen molar-refractivity contribution in [3.63, 3.8) is 0 Å². The summed E-state index contributed by atoms with van der Waals surface area (Å²) in [7, 11) is 1.88. The Kier molecular flexibility index (Phi) is 6.04. The lowest BCUT2D eigenvalue weighted by Crippen LogP contribution is -2.12. The third kappa shape index (κ3) is 5.54. The van der Waals surface area contributed by atoms with E-state index in [2.05, 4.69) is 11.4 Å². The Balaban J connectivity index is 2.02. The van der Waals surface area contributed by atoms with Crippen molar-refractivity contribution < 1.29 is 9.53 Å². The molecule has 0 radical (unpaired) electrons. The van der Waals surface area contributed by atoms with Crippen molar-refractivity contribution in [2.45, 2.75) is 19.3 Å². The van der Waals surface area contributed by atoms with Gasteiger partial charge in [-0.15, -0.1) is 11.3 Å². The molecule has 0 aliphatic carbocycles. The van der Waals surface area contributed by atoms with E-state index in [-0.39, 0.29) is 5.97 Å². The summed E-state index contributed by atoms with van der Waals surface area (Å²) in [4.78, 5) is 12.5. The minimum absolute atomic E-state index is 0.0955. The van der Waals surface area contributed by atoms with Crippen molar-refractivity contribution >= 4 is 17.3 Å². The number of carbonyl (C=O) groups is 1. The summed E-state index contributed by atoms with van der Waals surface area (Å²) >= 11 is 1.69. The second-order valence-electron chi connectivity index (χ2n) is 3.26. The van der Waals surface area contributed by atoms with E-state index < -0.39 is 0 Å². The van der Waals surface area contributed by atoms with E-state index in [1.807, 2.05) is 18.5 Å². The largest absolute Gasteiger partial charge is 0.465 e. The molecule has 4 heteroatoms. The Morgan fingerprint density at radius 1 is 1.60 bits per heavy atom. The summed E-state index contributed by atoms with van der Waals surface area (Å²) in [6.45, 7) is 1.36. The van der Waals surface area contributed by atoms with E-state index in [1.54, 1.807) is 11.3 Å². The molecule has 0 saturated heterocycles. The monoisotopic (exact) mass is 227 g/mol. The van der Waals surface area contributed by atoms with Gasteiger partial charge in [-0.2, -0.15) is 0 Å². The number of carbonyl (C=O) groups excluding carboxylic acids is 1. The summed E-state index contributed by atoms with van der Waals surface area (Å²) in [5, 5.41) is 5.03. The molecule has 1 rings (SSSR count). The van der Waals surface area contributed by atoms with E-state index in [0.29, 0.717) is 13.0 Å². The van der Waals surface area contributed by atoms with E-state index in [9.17, 15) is 4.79 Å². The lowest BCUT2D eigenvalue weighted by atomic mass is 10.3. The van der Waals surface area contributed by atoms with E-state index in [0.717, 1.165) is 19.4 Å². The minimum atomic E-state index is -0.0955. The zero-order valence-electron chi connectivity index (χ0n) is 8.99. The van der Waals surface area contributed by atoms with Crippen LogP contribution in [0.3, 0.4) is 0 Å². The maximum absolute atomic E-state index is 11.2. The Morgan fingerprint density at radius 3 is 3.13 bits per heavy atom. The molecule has 1 heterocycles. The number of nitrogens with one attached hydrogen (secondary N) is 1. The smallest absolute Gasteiger partial charge is 0.305 e. The summed E-state index contributed by atoms with van der Waals surface area (Å²) < 4.78 is 5.10. The fourth-order valence-electron chi connectivity index (χ4n) is 1.20. The predicted molar refractivity (Wildman–Crippen MR) is 62.1 cm³/mol. The van der Waals surface area contributed by atoms with Crippen molar-refractivity contribution in [3.05, 3.63) is 22.4 Å². The van der Waals surface area contributed by atoms with E-state index >= 15 is 0 Å². The number of hydrogen-bond acceptors (Lipinski definition) is 4. The second-order valence-corrected chi connectivity index (χ2v) is 4.29. The molecule has 1 N–H and O–H groups in total. The molecule has 0 unspecified atom stereocenters. The van der Waals surface area contributed by atoms with Crippen LogP contribution >= 0.6 is 11.3 Å². The van der Waals surface area contributed by atoms with Crippen molar-refractivity contribution in [1.29, 1.82) is 0 Å². The fraction of sp³-hybridized carbons (Fsp3) is 0.545. The molecular weight excluding hydrogens is 210 g/mol. The number of thiophene rings is 1. The van der Waals surface area contributed by atoms with Gasteiger partial charge in [-0.05, 0) is 31.5 Å². The first-order valence-corrected chi connectivity index (χ1v) is 6.03. The lowest BCUT2D eigenvalue weighted by Gasteiger charge is -2.03. The van der Waals surface area contributed by atoms with Crippen molar-refractivity contribution in [1.82, 2.24) is 5.32 Å². The van der Waals surface area contributed by atoms with Crippen LogP contribution in [0.5, 0.6) is 0 Å². The van der Waals surface area contributed by atoms with Crippen LogP contribution in [0.4, 0.5) is 0 Å². The average molecular weight is 227 g/mol. The van der Waals surface area contributed by atoms with Crippen LogP contribution in [0.25, 0.3) is 0 Å². The molecule has 0 bridgehead atoms. The fourth-order valence-corrected chi connectivity index (χ4v) is 1.89. The second kappa shape index (κ2) is 7.43. The van der Waals surface area contributed by atoms with Gasteiger partial charge < -0.3 is 10.1 Å². The average Bonchev–Trinajstić information content (AvgIpc) is 2.71. The van der Waals surface area contributed by atoms with Gasteiger partial charge in [0.15, 0.2) is 0 Å². The van der Waals surface area contributed by atoms with Gasteiger partial charge in [0.1, 0.15) is 0 Å². The first-order valence-electron chi connectivity index (χ1n) is 5.15. The van der Waals surface area contributed by atoms with Crippen LogP contribution in [0.15, 0.2) is 17.5 Å². The van der Waals surface area contributed by atoms with Gasteiger partial charge >= 0.3 is 5.97 Å². The molecular formula is C11H17NO2S. The van der Waals surface area contributed by atoms with Crippen LogP contribution in [-0.2, 0) is 16.0 Å². The third-order valence-corrected chi connectivity index (χ3v) is 2.94. The van der Waals surface area contributed by atoms with Gasteiger partial charge in [0.2, 0.25) is 0 Å². The molecule has 0 atom stereocenters. The molecule has 0 spiro atoms. The van der Waals surface area contributed by atoms with Crippen molar-refractivity contribution in [2.24, 2.45) is 0 Å². The molecule has 0 amide bonds. The highest BCUT2D eigenvalue weighted by molar-refractivity contribution is 7.09. The van der Waals surface area contributed by atoms with Crippen LogP contribution in [-0.4, -0.2) is 26.2 Å². The Labute approximate surface area is 94.5 Å². The summed E-state index contributed by atoms with van der Waals surface area (Å²) in [6.07, 6.45) is 2.18. The Hall–Kier alpha value is -0.870. The molecule has 0 saturated carbocycles. The quantitative estimate of drug-likeness (QED) is 0.570. The SMILES string of the molecule is CNCCCC(=O)OCCc1cccs1. The first-order chi connectivity index (χ1) is 7.33. The highest BCUT2D eigenvalue weighted by Gasteiger charge is 2.02. The van der Waals surface area contributed by atoms with E-state index in [1.165, 1.54) is 4.88 Å². The standard InChI is InChI=1S/C11H17NO2S/c1-12-7-2-5-11(13)14-8-6-10-4-3-9-15-10/h3-4,9,12H,2,5-8H2,1H3. The lowest BCUT2D eigenvalue weighted by molar-refractivity contribution is -0.143. The number of rotatable bonds is 7. The molecule has 0 aromatic carbocycles. The number of ether oxygens (including phenoxy) is 1. The number of hydrogen-bond donors (Lipinski definition) is 1.